The molecule has 2 aromatic rings. The number of nitrogens with zero attached hydrogens (tertiary/aromatic N) is 3. The first-order chi connectivity index (χ1) is 10.1. The predicted molar refractivity (Wildman–Crippen MR) is 85.6 cm³/mol. The lowest BCUT2D eigenvalue weighted by molar-refractivity contribution is 0.0964. The van der Waals surface area contributed by atoms with Crippen LogP contribution in [0.25, 0.3) is 0 Å². The van der Waals surface area contributed by atoms with E-state index in [0.29, 0.717) is 12.1 Å². The number of pyridine rings is 1. The Morgan fingerprint density at radius 2 is 2.24 bits per heavy atom. The summed E-state index contributed by atoms with van der Waals surface area (Å²) in [5.74, 6) is 0.0527. The lowest BCUT2D eigenvalue weighted by Crippen LogP contribution is -2.26. The van der Waals surface area contributed by atoms with Gasteiger partial charge in [-0.2, -0.15) is 4.37 Å². The van der Waals surface area contributed by atoms with E-state index in [1.54, 1.807) is 7.05 Å². The number of aromatic nitrogens is 2. The fraction of sp³-hybridized carbons (Fsp3) is 0.357. The Hall–Kier alpha value is -2.15. The van der Waals surface area contributed by atoms with E-state index in [2.05, 4.69) is 19.6 Å². The van der Waals surface area contributed by atoms with E-state index in [9.17, 15) is 4.79 Å². The third kappa shape index (κ3) is 3.30. The maximum Gasteiger partial charge on any atom is 0.257 e. The minimum Gasteiger partial charge on any atom is -0.382 e. The molecule has 3 N–H and O–H groups in total. The van der Waals surface area contributed by atoms with Crippen LogP contribution >= 0.6 is 11.5 Å². The van der Waals surface area contributed by atoms with E-state index >= 15 is 0 Å². The molecule has 0 saturated carbocycles. The lowest BCUT2D eigenvalue weighted by atomic mass is 10.2. The van der Waals surface area contributed by atoms with Crippen LogP contribution in [0.3, 0.4) is 0 Å². The highest BCUT2D eigenvalue weighted by molar-refractivity contribution is 7.11. The quantitative estimate of drug-likeness (QED) is 0.880. The summed E-state index contributed by atoms with van der Waals surface area (Å²) >= 11 is 1.24. The van der Waals surface area contributed by atoms with Crippen LogP contribution in [0, 0.1) is 6.92 Å². The molecule has 0 spiro atoms. The molecule has 0 aliphatic carbocycles. The number of aryl methyl sites for hydroxylation is 1. The number of rotatable bonds is 5. The Morgan fingerprint density at radius 1 is 1.48 bits per heavy atom. The normalized spacial score (nSPS) is 10.4. The summed E-state index contributed by atoms with van der Waals surface area (Å²) in [5.41, 5.74) is 8.19. The van der Waals surface area contributed by atoms with Gasteiger partial charge in [0, 0.05) is 19.3 Å². The Labute approximate surface area is 128 Å². The van der Waals surface area contributed by atoms with E-state index in [-0.39, 0.29) is 11.7 Å². The van der Waals surface area contributed by atoms with Crippen molar-refractivity contribution in [1.82, 2.24) is 14.7 Å². The van der Waals surface area contributed by atoms with Crippen LogP contribution in [0.5, 0.6) is 0 Å². The summed E-state index contributed by atoms with van der Waals surface area (Å²) in [6, 6.07) is 5.91. The van der Waals surface area contributed by atoms with Crippen LogP contribution in [0.2, 0.25) is 0 Å². The average molecular weight is 305 g/mol. The molecule has 2 aromatic heterocycles. The van der Waals surface area contributed by atoms with Crippen LogP contribution in [-0.4, -0.2) is 28.9 Å². The minimum atomic E-state index is -0.216. The zero-order valence-electron chi connectivity index (χ0n) is 12.4. The SMILES string of the molecule is CCN(Cc1cccc(C)n1)c1snc(N)c1C(=O)NC. The third-order valence-corrected chi connectivity index (χ3v) is 4.05. The van der Waals surface area contributed by atoms with Gasteiger partial charge in [-0.3, -0.25) is 9.78 Å². The first-order valence-corrected chi connectivity index (χ1v) is 7.48. The number of anilines is 2. The van der Waals surface area contributed by atoms with Crippen LogP contribution in [0.15, 0.2) is 18.2 Å². The molecule has 7 heteroatoms. The monoisotopic (exact) mass is 305 g/mol. The number of nitrogens with one attached hydrogen (secondary N) is 1. The highest BCUT2D eigenvalue weighted by atomic mass is 32.1. The summed E-state index contributed by atoms with van der Waals surface area (Å²) < 4.78 is 4.11. The van der Waals surface area contributed by atoms with Gasteiger partial charge in [0.2, 0.25) is 0 Å². The molecular weight excluding hydrogens is 286 g/mol. The number of carbonyl (C=O) groups is 1. The van der Waals surface area contributed by atoms with Gasteiger partial charge in [0.1, 0.15) is 10.6 Å². The van der Waals surface area contributed by atoms with Gasteiger partial charge < -0.3 is 16.0 Å². The van der Waals surface area contributed by atoms with E-state index < -0.39 is 0 Å². The van der Waals surface area contributed by atoms with Crippen LogP contribution in [-0.2, 0) is 6.54 Å². The second kappa shape index (κ2) is 6.53. The second-order valence-electron chi connectivity index (χ2n) is 4.61. The van der Waals surface area contributed by atoms with Crippen LogP contribution in [0.4, 0.5) is 10.8 Å². The van der Waals surface area contributed by atoms with Gasteiger partial charge in [-0.1, -0.05) is 6.07 Å². The Morgan fingerprint density at radius 3 is 2.86 bits per heavy atom. The van der Waals surface area contributed by atoms with Crippen LogP contribution in [0.1, 0.15) is 28.7 Å². The molecule has 0 unspecified atom stereocenters. The summed E-state index contributed by atoms with van der Waals surface area (Å²) in [5, 5.41) is 3.38. The summed E-state index contributed by atoms with van der Waals surface area (Å²) in [6.07, 6.45) is 0. The molecule has 21 heavy (non-hydrogen) atoms. The van der Waals surface area contributed by atoms with Gasteiger partial charge in [-0.15, -0.1) is 0 Å². The third-order valence-electron chi connectivity index (χ3n) is 3.12. The molecule has 0 atom stereocenters. The van der Waals surface area contributed by atoms with Crippen molar-refractivity contribution >= 4 is 28.3 Å². The van der Waals surface area contributed by atoms with Crippen LogP contribution < -0.4 is 16.0 Å². The Bertz CT molecular complexity index is 640. The number of amides is 1. The fourth-order valence-corrected chi connectivity index (χ4v) is 2.93. The van der Waals surface area contributed by atoms with Gasteiger partial charge in [-0.25, -0.2) is 0 Å². The molecule has 0 bridgehead atoms. The first-order valence-electron chi connectivity index (χ1n) is 6.71. The molecule has 2 rings (SSSR count). The van der Waals surface area contributed by atoms with Crippen molar-refractivity contribution in [3.63, 3.8) is 0 Å². The molecule has 0 aromatic carbocycles. The largest absolute Gasteiger partial charge is 0.382 e. The molecule has 0 aliphatic rings. The number of nitrogen functional groups attached to an aromatic ring is 1. The molecule has 2 heterocycles. The average Bonchev–Trinajstić information content (AvgIpc) is 2.85. The summed E-state index contributed by atoms with van der Waals surface area (Å²) in [7, 11) is 1.58. The minimum absolute atomic E-state index is 0.216. The first kappa shape index (κ1) is 15.2. The molecule has 0 aliphatic heterocycles. The van der Waals surface area contributed by atoms with Gasteiger partial charge in [0.05, 0.1) is 12.2 Å². The number of carbonyl (C=O) groups excluding carboxylic acids is 1. The molecule has 0 radical (unpaired) electrons. The molecule has 112 valence electrons. The van der Waals surface area contributed by atoms with Gasteiger partial charge in [0.15, 0.2) is 5.82 Å². The molecule has 0 saturated heterocycles. The van der Waals surface area contributed by atoms with Gasteiger partial charge in [0.25, 0.3) is 5.91 Å². The molecule has 1 amide bonds. The van der Waals surface area contributed by atoms with Crippen molar-refractivity contribution in [2.45, 2.75) is 20.4 Å². The molecule has 6 nitrogen and oxygen atoms in total. The van der Waals surface area contributed by atoms with Crippen molar-refractivity contribution in [3.05, 3.63) is 35.2 Å². The fourth-order valence-electron chi connectivity index (χ4n) is 2.06. The van der Waals surface area contributed by atoms with Crippen molar-refractivity contribution in [2.75, 3.05) is 24.2 Å². The van der Waals surface area contributed by atoms with Crippen molar-refractivity contribution in [3.8, 4) is 0 Å². The smallest absolute Gasteiger partial charge is 0.257 e. The van der Waals surface area contributed by atoms with Crippen molar-refractivity contribution < 1.29 is 4.79 Å². The number of hydrogen-bond donors (Lipinski definition) is 2. The summed E-state index contributed by atoms with van der Waals surface area (Å²) in [6.45, 7) is 5.34. The summed E-state index contributed by atoms with van der Waals surface area (Å²) in [4.78, 5) is 18.5. The maximum absolute atomic E-state index is 12.0. The Kier molecular flexibility index (Phi) is 4.74. The van der Waals surface area contributed by atoms with Crippen molar-refractivity contribution in [1.29, 1.82) is 0 Å². The number of nitrogens with two attached hydrogens (primary N) is 1. The highest BCUT2D eigenvalue weighted by Gasteiger charge is 2.22. The molecule has 0 fully saturated rings. The Balaban J connectivity index is 2.32. The zero-order chi connectivity index (χ0) is 15.4. The molecular formula is C14H19N5OS. The zero-order valence-corrected chi connectivity index (χ0v) is 13.2. The lowest BCUT2D eigenvalue weighted by Gasteiger charge is -2.21. The highest BCUT2D eigenvalue weighted by Crippen LogP contribution is 2.31. The predicted octanol–water partition coefficient (Wildman–Crippen LogP) is 1.81. The second-order valence-corrected chi connectivity index (χ2v) is 5.36. The van der Waals surface area contributed by atoms with Gasteiger partial charge >= 0.3 is 0 Å². The topological polar surface area (TPSA) is 84.1 Å². The van der Waals surface area contributed by atoms with E-state index in [1.807, 2.05) is 32.0 Å². The van der Waals surface area contributed by atoms with E-state index in [4.69, 9.17) is 5.73 Å². The van der Waals surface area contributed by atoms with Gasteiger partial charge in [-0.05, 0) is 37.5 Å². The van der Waals surface area contributed by atoms with E-state index in [1.165, 1.54) is 11.5 Å². The standard InChI is InChI=1S/C14H19N5OS/c1-4-19(8-10-7-5-6-9(2)17-10)14-11(13(20)16-3)12(15)18-21-14/h5-7H,4,8H2,1-3H3,(H2,15,18)(H,16,20). The van der Waals surface area contributed by atoms with Crippen molar-refractivity contribution in [2.24, 2.45) is 0 Å². The maximum atomic E-state index is 12.0. The van der Waals surface area contributed by atoms with E-state index in [0.717, 1.165) is 22.9 Å². The number of hydrogen-bond acceptors (Lipinski definition) is 6.